The lowest BCUT2D eigenvalue weighted by Crippen LogP contribution is -2.30. The van der Waals surface area contributed by atoms with Crippen molar-refractivity contribution in [2.24, 2.45) is 11.8 Å². The van der Waals surface area contributed by atoms with E-state index in [-0.39, 0.29) is 17.7 Å². The SMILES string of the molecule is O=C(CC(c1ccccc1)C1CC1)Nc1ccc2c(c1)CCN2C(=O)C1CC1. The molecule has 0 aromatic heterocycles. The van der Waals surface area contributed by atoms with E-state index in [4.69, 9.17) is 0 Å². The van der Waals surface area contributed by atoms with Gasteiger partial charge in [0.2, 0.25) is 11.8 Å². The molecule has 0 radical (unpaired) electrons. The average Bonchev–Trinajstić information content (AvgIpc) is 3.63. The Hall–Kier alpha value is -2.62. The molecule has 144 valence electrons. The van der Waals surface area contributed by atoms with Gasteiger partial charge in [-0.25, -0.2) is 0 Å². The summed E-state index contributed by atoms with van der Waals surface area (Å²) in [7, 11) is 0. The second kappa shape index (κ2) is 7.08. The Balaban J connectivity index is 1.26. The summed E-state index contributed by atoms with van der Waals surface area (Å²) in [5, 5.41) is 3.09. The first kappa shape index (κ1) is 17.5. The summed E-state index contributed by atoms with van der Waals surface area (Å²) >= 11 is 0. The Kier molecular flexibility index (Phi) is 4.42. The average molecular weight is 374 g/mol. The fourth-order valence-corrected chi connectivity index (χ4v) is 4.43. The van der Waals surface area contributed by atoms with Crippen molar-refractivity contribution in [2.75, 3.05) is 16.8 Å². The minimum absolute atomic E-state index is 0.0737. The van der Waals surface area contributed by atoms with Gasteiger partial charge < -0.3 is 10.2 Å². The highest BCUT2D eigenvalue weighted by Gasteiger charge is 2.37. The molecule has 2 fully saturated rings. The van der Waals surface area contributed by atoms with E-state index in [1.54, 1.807) is 0 Å². The molecule has 0 saturated heterocycles. The number of hydrogen-bond acceptors (Lipinski definition) is 2. The number of anilines is 2. The fraction of sp³-hybridized carbons (Fsp3) is 0.417. The van der Waals surface area contributed by atoms with Gasteiger partial charge in [0.15, 0.2) is 0 Å². The third-order valence-corrected chi connectivity index (χ3v) is 6.28. The fourth-order valence-electron chi connectivity index (χ4n) is 4.43. The zero-order chi connectivity index (χ0) is 19.1. The first-order chi connectivity index (χ1) is 13.7. The van der Waals surface area contributed by atoms with Gasteiger partial charge in [-0.2, -0.15) is 0 Å². The number of hydrogen-bond donors (Lipinski definition) is 1. The van der Waals surface area contributed by atoms with E-state index in [1.807, 2.05) is 29.2 Å². The number of fused-ring (bicyclic) bond motifs is 1. The molecule has 4 heteroatoms. The van der Waals surface area contributed by atoms with Crippen LogP contribution in [0.3, 0.4) is 0 Å². The number of carbonyl (C=O) groups is 2. The summed E-state index contributed by atoms with van der Waals surface area (Å²) in [5.41, 5.74) is 4.29. The lowest BCUT2D eigenvalue weighted by atomic mass is 9.91. The topological polar surface area (TPSA) is 49.4 Å². The molecular weight excluding hydrogens is 348 g/mol. The molecule has 1 N–H and O–H groups in total. The van der Waals surface area contributed by atoms with E-state index in [0.29, 0.717) is 18.3 Å². The van der Waals surface area contributed by atoms with Gasteiger partial charge in [0.25, 0.3) is 0 Å². The van der Waals surface area contributed by atoms with E-state index in [2.05, 4.69) is 29.6 Å². The van der Waals surface area contributed by atoms with Crippen molar-refractivity contribution in [1.82, 2.24) is 0 Å². The Morgan fingerprint density at radius 1 is 1.04 bits per heavy atom. The van der Waals surface area contributed by atoms with E-state index >= 15 is 0 Å². The van der Waals surface area contributed by atoms with Crippen molar-refractivity contribution < 1.29 is 9.59 Å². The van der Waals surface area contributed by atoms with E-state index in [0.717, 1.165) is 42.7 Å². The summed E-state index contributed by atoms with van der Waals surface area (Å²) in [6, 6.07) is 16.4. The van der Waals surface area contributed by atoms with Gasteiger partial charge in [-0.15, -0.1) is 0 Å². The lowest BCUT2D eigenvalue weighted by molar-refractivity contribution is -0.119. The predicted molar refractivity (Wildman–Crippen MR) is 110 cm³/mol. The van der Waals surface area contributed by atoms with Gasteiger partial charge in [0, 0.05) is 30.3 Å². The minimum Gasteiger partial charge on any atom is -0.326 e. The normalized spacial score (nSPS) is 19.2. The smallest absolute Gasteiger partial charge is 0.230 e. The van der Waals surface area contributed by atoms with Crippen LogP contribution in [-0.4, -0.2) is 18.4 Å². The Morgan fingerprint density at radius 2 is 1.82 bits per heavy atom. The number of nitrogens with zero attached hydrogens (tertiary/aromatic N) is 1. The first-order valence-corrected chi connectivity index (χ1v) is 10.5. The van der Waals surface area contributed by atoms with Crippen molar-refractivity contribution in [1.29, 1.82) is 0 Å². The molecule has 0 bridgehead atoms. The zero-order valence-corrected chi connectivity index (χ0v) is 16.1. The van der Waals surface area contributed by atoms with Crippen molar-refractivity contribution in [2.45, 2.75) is 44.4 Å². The molecule has 1 aliphatic heterocycles. The van der Waals surface area contributed by atoms with Crippen LogP contribution < -0.4 is 10.2 Å². The van der Waals surface area contributed by atoms with Crippen LogP contribution in [0.25, 0.3) is 0 Å². The minimum atomic E-state index is 0.0737. The lowest BCUT2D eigenvalue weighted by Gasteiger charge is -2.18. The highest BCUT2D eigenvalue weighted by Crippen LogP contribution is 2.44. The van der Waals surface area contributed by atoms with Gasteiger partial charge in [0.05, 0.1) is 0 Å². The quantitative estimate of drug-likeness (QED) is 0.809. The molecule has 2 amide bonds. The van der Waals surface area contributed by atoms with E-state index < -0.39 is 0 Å². The van der Waals surface area contributed by atoms with Crippen molar-refractivity contribution in [3.63, 3.8) is 0 Å². The van der Waals surface area contributed by atoms with Crippen molar-refractivity contribution in [3.8, 4) is 0 Å². The monoisotopic (exact) mass is 374 g/mol. The van der Waals surface area contributed by atoms with Gasteiger partial charge >= 0.3 is 0 Å². The first-order valence-electron chi connectivity index (χ1n) is 10.5. The predicted octanol–water partition coefficient (Wildman–Crippen LogP) is 4.51. The maximum atomic E-state index is 12.7. The Morgan fingerprint density at radius 3 is 2.54 bits per heavy atom. The molecule has 1 heterocycles. The number of nitrogens with one attached hydrogen (secondary N) is 1. The highest BCUT2D eigenvalue weighted by atomic mass is 16.2. The van der Waals surface area contributed by atoms with E-state index in [1.165, 1.54) is 18.4 Å². The van der Waals surface area contributed by atoms with Gasteiger partial charge in [-0.3, -0.25) is 9.59 Å². The van der Waals surface area contributed by atoms with Crippen LogP contribution in [0.4, 0.5) is 11.4 Å². The standard InChI is InChI=1S/C24H26N2O2/c27-23(15-21(17-6-7-17)16-4-2-1-3-5-16)25-20-10-11-22-19(14-20)12-13-26(22)24(28)18-8-9-18/h1-5,10-11,14,17-18,21H,6-9,12-13,15H2,(H,25,27). The summed E-state index contributed by atoms with van der Waals surface area (Å²) in [5.74, 6) is 1.52. The van der Waals surface area contributed by atoms with Crippen LogP contribution in [0.15, 0.2) is 48.5 Å². The van der Waals surface area contributed by atoms with Gasteiger partial charge in [-0.1, -0.05) is 30.3 Å². The van der Waals surface area contributed by atoms with Crippen LogP contribution in [0, 0.1) is 11.8 Å². The largest absolute Gasteiger partial charge is 0.326 e. The van der Waals surface area contributed by atoms with Crippen molar-refractivity contribution in [3.05, 3.63) is 59.7 Å². The summed E-state index contributed by atoms with van der Waals surface area (Å²) in [6.45, 7) is 0.764. The van der Waals surface area contributed by atoms with Crippen LogP contribution in [-0.2, 0) is 16.0 Å². The maximum absolute atomic E-state index is 12.7. The zero-order valence-electron chi connectivity index (χ0n) is 16.1. The number of benzene rings is 2. The highest BCUT2D eigenvalue weighted by molar-refractivity contribution is 5.99. The molecule has 2 aromatic carbocycles. The number of amides is 2. The van der Waals surface area contributed by atoms with Crippen LogP contribution >= 0.6 is 0 Å². The van der Waals surface area contributed by atoms with Gasteiger partial charge in [0.1, 0.15) is 0 Å². The van der Waals surface area contributed by atoms with Gasteiger partial charge in [-0.05, 0) is 73.3 Å². The summed E-state index contributed by atoms with van der Waals surface area (Å²) in [4.78, 5) is 27.1. The molecule has 2 saturated carbocycles. The molecule has 1 unspecified atom stereocenters. The summed E-state index contributed by atoms with van der Waals surface area (Å²) < 4.78 is 0. The second-order valence-corrected chi connectivity index (χ2v) is 8.46. The van der Waals surface area contributed by atoms with E-state index in [9.17, 15) is 9.59 Å². The number of carbonyl (C=O) groups excluding carboxylic acids is 2. The molecule has 3 aliphatic rings. The third-order valence-electron chi connectivity index (χ3n) is 6.28. The Labute approximate surface area is 165 Å². The Bertz CT molecular complexity index is 900. The van der Waals surface area contributed by atoms with Crippen LogP contribution in [0.1, 0.15) is 49.1 Å². The molecular formula is C24H26N2O2. The molecule has 2 aromatic rings. The van der Waals surface area contributed by atoms with Crippen LogP contribution in [0.2, 0.25) is 0 Å². The molecule has 5 rings (SSSR count). The maximum Gasteiger partial charge on any atom is 0.230 e. The molecule has 0 spiro atoms. The number of rotatable bonds is 6. The second-order valence-electron chi connectivity index (χ2n) is 8.46. The molecule has 4 nitrogen and oxygen atoms in total. The summed E-state index contributed by atoms with van der Waals surface area (Å²) in [6.07, 6.45) is 5.89. The molecule has 28 heavy (non-hydrogen) atoms. The molecule has 1 atom stereocenters. The third kappa shape index (κ3) is 3.56. The molecule has 2 aliphatic carbocycles. The van der Waals surface area contributed by atoms with Crippen LogP contribution in [0.5, 0.6) is 0 Å². The van der Waals surface area contributed by atoms with Crippen molar-refractivity contribution >= 4 is 23.2 Å².